The van der Waals surface area contributed by atoms with Crippen LogP contribution in [0, 0.1) is 0 Å². The van der Waals surface area contributed by atoms with Crippen molar-refractivity contribution in [2.75, 3.05) is 12.8 Å². The van der Waals surface area contributed by atoms with E-state index < -0.39 is 22.0 Å². The number of carbonyl (C=O) groups excluding carboxylic acids is 1. The number of hydrogen-bond acceptors (Lipinski definition) is 5. The van der Waals surface area contributed by atoms with E-state index in [0.717, 1.165) is 0 Å². The van der Waals surface area contributed by atoms with Crippen LogP contribution in [-0.4, -0.2) is 27.5 Å². The van der Waals surface area contributed by atoms with Gasteiger partial charge in [0.05, 0.1) is 12.8 Å². The molecular formula is C10H14N2O4S. The summed E-state index contributed by atoms with van der Waals surface area (Å²) in [5.41, 5.74) is 5.68. The minimum Gasteiger partial charge on any atom is -0.468 e. The number of sulfonamides is 1. The monoisotopic (exact) mass is 258 g/mol. The zero-order chi connectivity index (χ0) is 13.1. The molecule has 0 heterocycles. The predicted octanol–water partition coefficient (Wildman–Crippen LogP) is 0.109. The first kappa shape index (κ1) is 13.5. The van der Waals surface area contributed by atoms with Gasteiger partial charge in [-0.2, -0.15) is 4.72 Å². The van der Waals surface area contributed by atoms with Crippen molar-refractivity contribution in [3.05, 3.63) is 24.3 Å². The lowest BCUT2D eigenvalue weighted by molar-refractivity contribution is -0.142. The van der Waals surface area contributed by atoms with Gasteiger partial charge in [-0.15, -0.1) is 0 Å². The third-order valence-electron chi connectivity index (χ3n) is 2.10. The van der Waals surface area contributed by atoms with E-state index in [1.54, 1.807) is 12.1 Å². The number of para-hydroxylation sites is 1. The molecular weight excluding hydrogens is 244 g/mol. The van der Waals surface area contributed by atoms with E-state index in [1.807, 2.05) is 0 Å². The zero-order valence-electron chi connectivity index (χ0n) is 9.51. The number of nitrogen functional groups attached to an aromatic ring is 1. The van der Waals surface area contributed by atoms with Crippen molar-refractivity contribution in [2.45, 2.75) is 17.9 Å². The highest BCUT2D eigenvalue weighted by Gasteiger charge is 2.23. The Kier molecular flexibility index (Phi) is 4.08. The molecule has 1 aromatic carbocycles. The van der Waals surface area contributed by atoms with Gasteiger partial charge in [0.15, 0.2) is 0 Å². The Bertz CT molecular complexity index is 513. The van der Waals surface area contributed by atoms with E-state index in [-0.39, 0.29) is 10.6 Å². The van der Waals surface area contributed by atoms with Crippen LogP contribution < -0.4 is 10.5 Å². The molecule has 0 aliphatic carbocycles. The number of benzene rings is 1. The molecule has 1 unspecified atom stereocenters. The second-order valence-corrected chi connectivity index (χ2v) is 5.09. The van der Waals surface area contributed by atoms with Gasteiger partial charge in [-0.3, -0.25) is 4.79 Å². The molecule has 1 aromatic rings. The number of methoxy groups -OCH3 is 1. The molecule has 0 aliphatic rings. The van der Waals surface area contributed by atoms with Crippen LogP contribution in [0.1, 0.15) is 6.92 Å². The van der Waals surface area contributed by atoms with Gasteiger partial charge in [0, 0.05) is 0 Å². The quantitative estimate of drug-likeness (QED) is 0.590. The second kappa shape index (κ2) is 5.15. The minimum atomic E-state index is -3.82. The molecule has 0 fully saturated rings. The molecule has 17 heavy (non-hydrogen) atoms. The molecule has 7 heteroatoms. The minimum absolute atomic E-state index is 0.0595. The fraction of sp³-hybridized carbons (Fsp3) is 0.300. The molecule has 0 spiro atoms. The number of hydrogen-bond donors (Lipinski definition) is 2. The highest BCUT2D eigenvalue weighted by atomic mass is 32.2. The topological polar surface area (TPSA) is 98.5 Å². The number of rotatable bonds is 4. The van der Waals surface area contributed by atoms with Gasteiger partial charge in [-0.25, -0.2) is 8.42 Å². The normalized spacial score (nSPS) is 13.1. The third-order valence-corrected chi connectivity index (χ3v) is 3.71. The molecule has 0 radical (unpaired) electrons. The molecule has 0 saturated carbocycles. The molecule has 0 aliphatic heterocycles. The third kappa shape index (κ3) is 3.18. The van der Waals surface area contributed by atoms with Crippen molar-refractivity contribution >= 4 is 21.7 Å². The van der Waals surface area contributed by atoms with Gasteiger partial charge in [0.25, 0.3) is 0 Å². The van der Waals surface area contributed by atoms with E-state index in [2.05, 4.69) is 9.46 Å². The lowest BCUT2D eigenvalue weighted by atomic mass is 10.3. The maximum Gasteiger partial charge on any atom is 0.323 e. The summed E-state index contributed by atoms with van der Waals surface area (Å²) in [7, 11) is -2.64. The van der Waals surface area contributed by atoms with Crippen molar-refractivity contribution < 1.29 is 17.9 Å². The van der Waals surface area contributed by atoms with E-state index in [4.69, 9.17) is 5.73 Å². The lowest BCUT2D eigenvalue weighted by Crippen LogP contribution is -2.39. The molecule has 6 nitrogen and oxygen atoms in total. The fourth-order valence-electron chi connectivity index (χ4n) is 1.25. The average Bonchev–Trinajstić information content (AvgIpc) is 2.27. The van der Waals surface area contributed by atoms with Crippen LogP contribution in [0.3, 0.4) is 0 Å². The highest BCUT2D eigenvalue weighted by Crippen LogP contribution is 2.17. The maximum absolute atomic E-state index is 11.9. The Morgan fingerprint density at radius 3 is 2.53 bits per heavy atom. The zero-order valence-corrected chi connectivity index (χ0v) is 10.3. The van der Waals surface area contributed by atoms with Gasteiger partial charge >= 0.3 is 5.97 Å². The van der Waals surface area contributed by atoms with Gasteiger partial charge in [-0.05, 0) is 19.1 Å². The summed E-state index contributed by atoms with van der Waals surface area (Å²) in [6.07, 6.45) is 0. The van der Waals surface area contributed by atoms with Crippen LogP contribution in [-0.2, 0) is 19.6 Å². The second-order valence-electron chi connectivity index (χ2n) is 3.40. The van der Waals surface area contributed by atoms with Gasteiger partial charge in [0.2, 0.25) is 10.0 Å². The van der Waals surface area contributed by atoms with Crippen molar-refractivity contribution in [2.24, 2.45) is 0 Å². The predicted molar refractivity (Wildman–Crippen MR) is 62.7 cm³/mol. The lowest BCUT2D eigenvalue weighted by Gasteiger charge is -2.13. The first-order valence-electron chi connectivity index (χ1n) is 4.83. The maximum atomic E-state index is 11.9. The van der Waals surface area contributed by atoms with E-state index >= 15 is 0 Å². The van der Waals surface area contributed by atoms with Crippen molar-refractivity contribution in [3.8, 4) is 0 Å². The molecule has 0 aromatic heterocycles. The van der Waals surface area contributed by atoms with Gasteiger partial charge in [-0.1, -0.05) is 12.1 Å². The summed E-state index contributed by atoms with van der Waals surface area (Å²) >= 11 is 0. The summed E-state index contributed by atoms with van der Waals surface area (Å²) in [5.74, 6) is -0.664. The average molecular weight is 258 g/mol. The summed E-state index contributed by atoms with van der Waals surface area (Å²) in [5, 5.41) is 0. The van der Waals surface area contributed by atoms with Crippen LogP contribution in [0.15, 0.2) is 29.2 Å². The smallest absolute Gasteiger partial charge is 0.323 e. The molecule has 1 rings (SSSR count). The van der Waals surface area contributed by atoms with Gasteiger partial charge < -0.3 is 10.5 Å². The molecule has 94 valence electrons. The van der Waals surface area contributed by atoms with E-state index in [1.165, 1.54) is 26.2 Å². The number of esters is 1. The summed E-state index contributed by atoms with van der Waals surface area (Å²) in [6, 6.07) is 5.04. The van der Waals surface area contributed by atoms with Crippen LogP contribution >= 0.6 is 0 Å². The van der Waals surface area contributed by atoms with Crippen LogP contribution in [0.2, 0.25) is 0 Å². The Morgan fingerprint density at radius 1 is 1.41 bits per heavy atom. The summed E-state index contributed by atoms with van der Waals surface area (Å²) in [6.45, 7) is 1.39. The Balaban J connectivity index is 2.98. The Labute approximate surface area is 99.8 Å². The largest absolute Gasteiger partial charge is 0.468 e. The molecule has 0 bridgehead atoms. The molecule has 0 saturated heterocycles. The Hall–Kier alpha value is -1.60. The van der Waals surface area contributed by atoms with Crippen LogP contribution in [0.25, 0.3) is 0 Å². The SMILES string of the molecule is COC(=O)C(C)NS(=O)(=O)c1ccccc1N. The molecule has 3 N–H and O–H groups in total. The van der Waals surface area contributed by atoms with Crippen LogP contribution in [0.4, 0.5) is 5.69 Å². The Morgan fingerprint density at radius 2 is 2.00 bits per heavy atom. The van der Waals surface area contributed by atoms with Crippen molar-refractivity contribution in [1.82, 2.24) is 4.72 Å². The van der Waals surface area contributed by atoms with Crippen molar-refractivity contribution in [3.63, 3.8) is 0 Å². The molecule has 0 amide bonds. The number of carbonyl (C=O) groups is 1. The van der Waals surface area contributed by atoms with E-state index in [9.17, 15) is 13.2 Å². The summed E-state index contributed by atoms with van der Waals surface area (Å²) < 4.78 is 30.4. The number of nitrogens with two attached hydrogens (primary N) is 1. The van der Waals surface area contributed by atoms with Gasteiger partial charge in [0.1, 0.15) is 10.9 Å². The highest BCUT2D eigenvalue weighted by molar-refractivity contribution is 7.89. The van der Waals surface area contributed by atoms with Crippen molar-refractivity contribution in [1.29, 1.82) is 0 Å². The van der Waals surface area contributed by atoms with Crippen LogP contribution in [0.5, 0.6) is 0 Å². The first-order chi connectivity index (χ1) is 7.88. The number of anilines is 1. The molecule has 1 atom stereocenters. The van der Waals surface area contributed by atoms with E-state index in [0.29, 0.717) is 0 Å². The number of nitrogens with one attached hydrogen (secondary N) is 1. The fourth-order valence-corrected chi connectivity index (χ4v) is 2.57. The number of ether oxygens (including phenoxy) is 1. The first-order valence-corrected chi connectivity index (χ1v) is 6.31. The standard InChI is InChI=1S/C10H14N2O4S/c1-7(10(13)16-2)12-17(14,15)9-6-4-3-5-8(9)11/h3-7,12H,11H2,1-2H3. The summed E-state index contributed by atoms with van der Waals surface area (Å²) in [4.78, 5) is 11.1.